The largest absolute Gasteiger partial charge is 0.313 e. The highest BCUT2D eigenvalue weighted by molar-refractivity contribution is 4.90. The molecule has 0 radical (unpaired) electrons. The molecule has 0 aromatic carbocycles. The Morgan fingerprint density at radius 1 is 1.36 bits per heavy atom. The van der Waals surface area contributed by atoms with Crippen molar-refractivity contribution in [3.05, 3.63) is 0 Å². The van der Waals surface area contributed by atoms with Crippen LogP contribution in [0.1, 0.15) is 53.4 Å². The van der Waals surface area contributed by atoms with Crippen molar-refractivity contribution in [1.82, 2.24) is 5.32 Å². The van der Waals surface area contributed by atoms with Gasteiger partial charge in [0.25, 0.3) is 0 Å². The van der Waals surface area contributed by atoms with Crippen LogP contribution >= 0.6 is 0 Å². The molecule has 0 aliphatic heterocycles. The standard InChI is InChI=1S/C13H25N/c1-6-9-10-12(14-11-7-2)13(4,5)8-3/h1,12,14H,7-11H2,2-5H3. The van der Waals surface area contributed by atoms with E-state index in [-0.39, 0.29) is 0 Å². The van der Waals surface area contributed by atoms with Gasteiger partial charge in [0.15, 0.2) is 0 Å². The van der Waals surface area contributed by atoms with Crippen molar-refractivity contribution >= 4 is 0 Å². The number of hydrogen-bond acceptors (Lipinski definition) is 1. The molecule has 0 aliphatic rings. The third kappa shape index (κ3) is 4.67. The highest BCUT2D eigenvalue weighted by Crippen LogP contribution is 2.27. The summed E-state index contributed by atoms with van der Waals surface area (Å²) < 4.78 is 0. The molecular formula is C13H25N. The number of nitrogens with one attached hydrogen (secondary N) is 1. The molecule has 1 heteroatoms. The van der Waals surface area contributed by atoms with Gasteiger partial charge in [-0.1, -0.05) is 27.7 Å². The summed E-state index contributed by atoms with van der Waals surface area (Å²) in [5.74, 6) is 2.73. The normalized spacial score (nSPS) is 13.6. The maximum absolute atomic E-state index is 5.31. The first-order chi connectivity index (χ1) is 6.58. The van der Waals surface area contributed by atoms with E-state index in [0.29, 0.717) is 11.5 Å². The van der Waals surface area contributed by atoms with E-state index in [0.717, 1.165) is 19.4 Å². The molecule has 0 saturated carbocycles. The predicted molar refractivity (Wildman–Crippen MR) is 64.2 cm³/mol. The van der Waals surface area contributed by atoms with Crippen molar-refractivity contribution < 1.29 is 0 Å². The van der Waals surface area contributed by atoms with Crippen LogP contribution in [-0.4, -0.2) is 12.6 Å². The zero-order valence-corrected chi connectivity index (χ0v) is 10.2. The van der Waals surface area contributed by atoms with Crippen LogP contribution in [0.2, 0.25) is 0 Å². The Morgan fingerprint density at radius 3 is 2.43 bits per heavy atom. The summed E-state index contributed by atoms with van der Waals surface area (Å²) in [6.45, 7) is 10.2. The highest BCUT2D eigenvalue weighted by Gasteiger charge is 2.26. The van der Waals surface area contributed by atoms with Gasteiger partial charge in [0.05, 0.1) is 0 Å². The second-order valence-electron chi connectivity index (χ2n) is 4.59. The molecule has 0 fully saturated rings. The third-order valence-electron chi connectivity index (χ3n) is 3.07. The van der Waals surface area contributed by atoms with Crippen LogP contribution < -0.4 is 5.32 Å². The Labute approximate surface area is 89.7 Å². The first kappa shape index (κ1) is 13.5. The molecule has 0 aliphatic carbocycles. The monoisotopic (exact) mass is 195 g/mol. The summed E-state index contributed by atoms with van der Waals surface area (Å²) in [5.41, 5.74) is 0.353. The van der Waals surface area contributed by atoms with Crippen molar-refractivity contribution in [2.75, 3.05) is 6.54 Å². The van der Waals surface area contributed by atoms with Gasteiger partial charge < -0.3 is 5.32 Å². The lowest BCUT2D eigenvalue weighted by atomic mass is 9.79. The van der Waals surface area contributed by atoms with Crippen LogP contribution in [0.3, 0.4) is 0 Å². The van der Waals surface area contributed by atoms with Crippen LogP contribution in [0.5, 0.6) is 0 Å². The van der Waals surface area contributed by atoms with E-state index < -0.39 is 0 Å². The number of hydrogen-bond donors (Lipinski definition) is 1. The Balaban J connectivity index is 4.16. The Kier molecular flexibility index (Phi) is 6.66. The molecule has 1 unspecified atom stereocenters. The fraction of sp³-hybridized carbons (Fsp3) is 0.846. The SMILES string of the molecule is C#CCCC(NCCC)C(C)(C)CC. The van der Waals surface area contributed by atoms with Gasteiger partial charge in [0, 0.05) is 12.5 Å². The Hall–Kier alpha value is -0.480. The average Bonchev–Trinajstić information content (AvgIpc) is 2.17. The summed E-state index contributed by atoms with van der Waals surface area (Å²) in [4.78, 5) is 0. The van der Waals surface area contributed by atoms with E-state index in [1.165, 1.54) is 12.8 Å². The van der Waals surface area contributed by atoms with Gasteiger partial charge in [-0.25, -0.2) is 0 Å². The first-order valence-corrected chi connectivity index (χ1v) is 5.75. The molecule has 0 aromatic rings. The van der Waals surface area contributed by atoms with E-state index in [9.17, 15) is 0 Å². The van der Waals surface area contributed by atoms with Gasteiger partial charge in [-0.3, -0.25) is 0 Å². The van der Waals surface area contributed by atoms with E-state index >= 15 is 0 Å². The molecule has 0 amide bonds. The van der Waals surface area contributed by atoms with Gasteiger partial charge in [0.1, 0.15) is 0 Å². The van der Waals surface area contributed by atoms with Gasteiger partial charge in [-0.2, -0.15) is 0 Å². The molecule has 0 spiro atoms. The predicted octanol–water partition coefficient (Wildman–Crippen LogP) is 3.20. The van der Waals surface area contributed by atoms with Gasteiger partial charge in [-0.05, 0) is 31.2 Å². The van der Waals surface area contributed by atoms with Crippen molar-refractivity contribution in [1.29, 1.82) is 0 Å². The van der Waals surface area contributed by atoms with Crippen molar-refractivity contribution in [2.24, 2.45) is 5.41 Å². The average molecular weight is 195 g/mol. The first-order valence-electron chi connectivity index (χ1n) is 5.75. The number of rotatable bonds is 7. The lowest BCUT2D eigenvalue weighted by molar-refractivity contribution is 0.222. The van der Waals surface area contributed by atoms with Gasteiger partial charge in [0.2, 0.25) is 0 Å². The molecule has 1 atom stereocenters. The molecule has 0 rings (SSSR count). The molecule has 0 bridgehead atoms. The summed E-state index contributed by atoms with van der Waals surface area (Å²) in [7, 11) is 0. The number of terminal acetylenes is 1. The van der Waals surface area contributed by atoms with Crippen LogP contribution in [0.15, 0.2) is 0 Å². The fourth-order valence-electron chi connectivity index (χ4n) is 1.56. The van der Waals surface area contributed by atoms with Crippen molar-refractivity contribution in [3.63, 3.8) is 0 Å². The topological polar surface area (TPSA) is 12.0 Å². The van der Waals surface area contributed by atoms with E-state index in [1.54, 1.807) is 0 Å². The zero-order valence-electron chi connectivity index (χ0n) is 10.2. The molecule has 0 aromatic heterocycles. The van der Waals surface area contributed by atoms with Crippen LogP contribution in [0.4, 0.5) is 0 Å². The lowest BCUT2D eigenvalue weighted by Crippen LogP contribution is -2.41. The highest BCUT2D eigenvalue weighted by atomic mass is 14.9. The molecular weight excluding hydrogens is 170 g/mol. The Bertz CT molecular complexity index is 176. The summed E-state index contributed by atoms with van der Waals surface area (Å²) in [5, 5.41) is 3.60. The van der Waals surface area contributed by atoms with Crippen LogP contribution in [-0.2, 0) is 0 Å². The molecule has 1 nitrogen and oxygen atoms in total. The minimum absolute atomic E-state index is 0.353. The van der Waals surface area contributed by atoms with Crippen LogP contribution in [0, 0.1) is 17.8 Å². The van der Waals surface area contributed by atoms with Crippen LogP contribution in [0.25, 0.3) is 0 Å². The second-order valence-corrected chi connectivity index (χ2v) is 4.59. The quantitative estimate of drug-likeness (QED) is 0.615. The molecule has 14 heavy (non-hydrogen) atoms. The van der Waals surface area contributed by atoms with Crippen molar-refractivity contribution in [2.45, 2.75) is 59.4 Å². The molecule has 0 saturated heterocycles. The fourth-order valence-corrected chi connectivity index (χ4v) is 1.56. The van der Waals surface area contributed by atoms with E-state index in [4.69, 9.17) is 6.42 Å². The minimum Gasteiger partial charge on any atom is -0.313 e. The molecule has 0 heterocycles. The summed E-state index contributed by atoms with van der Waals surface area (Å²) in [6.07, 6.45) is 9.67. The van der Waals surface area contributed by atoms with E-state index in [2.05, 4.69) is 38.9 Å². The zero-order chi connectivity index (χ0) is 11.0. The third-order valence-corrected chi connectivity index (χ3v) is 3.07. The summed E-state index contributed by atoms with van der Waals surface area (Å²) in [6, 6.07) is 0.559. The smallest absolute Gasteiger partial charge is 0.0127 e. The molecule has 82 valence electrons. The summed E-state index contributed by atoms with van der Waals surface area (Å²) >= 11 is 0. The van der Waals surface area contributed by atoms with Gasteiger partial charge >= 0.3 is 0 Å². The minimum atomic E-state index is 0.353. The maximum atomic E-state index is 5.31. The Morgan fingerprint density at radius 2 is 2.00 bits per heavy atom. The van der Waals surface area contributed by atoms with E-state index in [1.807, 2.05) is 0 Å². The molecule has 1 N–H and O–H groups in total. The second kappa shape index (κ2) is 6.90. The lowest BCUT2D eigenvalue weighted by Gasteiger charge is -2.34. The van der Waals surface area contributed by atoms with Gasteiger partial charge in [-0.15, -0.1) is 12.3 Å². The van der Waals surface area contributed by atoms with Crippen molar-refractivity contribution in [3.8, 4) is 12.3 Å². The maximum Gasteiger partial charge on any atom is 0.0127 e.